The zero-order valence-electron chi connectivity index (χ0n) is 29.0. The van der Waals surface area contributed by atoms with Crippen LogP contribution in [0.2, 0.25) is 0 Å². The zero-order chi connectivity index (χ0) is 35.5. The summed E-state index contributed by atoms with van der Waals surface area (Å²) >= 11 is 0. The van der Waals surface area contributed by atoms with Gasteiger partial charge in [-0.15, -0.1) is 0 Å². The number of nitrogens with zero attached hydrogens (tertiary/aromatic N) is 1. The van der Waals surface area contributed by atoms with Crippen molar-refractivity contribution in [1.82, 2.24) is 26.2 Å². The van der Waals surface area contributed by atoms with E-state index in [0.29, 0.717) is 18.4 Å². The molecule has 262 valence electrons. The van der Waals surface area contributed by atoms with Crippen molar-refractivity contribution in [1.29, 1.82) is 0 Å². The molecule has 6 atom stereocenters. The zero-order valence-corrected chi connectivity index (χ0v) is 29.0. The highest BCUT2D eigenvalue weighted by atomic mass is 16.3. The number of rotatable bonds is 10. The lowest BCUT2D eigenvalue weighted by molar-refractivity contribution is -0.142. The first-order chi connectivity index (χ1) is 23.5. The Hall–Kier alpha value is -4.93. The molecule has 2 aromatic carbocycles. The molecule has 0 radical (unpaired) electrons. The van der Waals surface area contributed by atoms with Gasteiger partial charge in [0.2, 0.25) is 29.5 Å². The average molecular weight is 672 g/mol. The summed E-state index contributed by atoms with van der Waals surface area (Å²) < 4.78 is 5.26. The van der Waals surface area contributed by atoms with E-state index in [9.17, 15) is 24.0 Å². The van der Waals surface area contributed by atoms with Gasteiger partial charge in [-0.25, -0.2) is 0 Å². The lowest BCUT2D eigenvalue weighted by Crippen LogP contribution is -2.59. The van der Waals surface area contributed by atoms with Crippen LogP contribution in [0.3, 0.4) is 0 Å². The summed E-state index contributed by atoms with van der Waals surface area (Å²) in [6.07, 6.45) is 4.27. The van der Waals surface area contributed by atoms with Gasteiger partial charge in [-0.2, -0.15) is 0 Å². The third-order valence-electron chi connectivity index (χ3n) is 9.07. The molecule has 1 saturated heterocycles. The van der Waals surface area contributed by atoms with Gasteiger partial charge in [0.05, 0.1) is 12.5 Å². The first-order valence-electron chi connectivity index (χ1n) is 17.0. The Labute approximate surface area is 288 Å². The molecule has 0 aliphatic carbocycles. The third-order valence-corrected chi connectivity index (χ3v) is 9.07. The number of amides is 5. The fourth-order valence-corrected chi connectivity index (χ4v) is 6.01. The van der Waals surface area contributed by atoms with E-state index >= 15 is 0 Å². The molecule has 1 aromatic heterocycles. The molecule has 0 spiro atoms. The molecule has 1 aliphatic rings. The highest BCUT2D eigenvalue weighted by molar-refractivity contribution is 5.98. The van der Waals surface area contributed by atoms with Crippen LogP contribution < -0.4 is 21.3 Å². The van der Waals surface area contributed by atoms with Crippen molar-refractivity contribution in [3.8, 4) is 0 Å². The second kappa shape index (κ2) is 17.5. The van der Waals surface area contributed by atoms with E-state index in [1.54, 1.807) is 6.07 Å². The van der Waals surface area contributed by atoms with Gasteiger partial charge in [0, 0.05) is 26.3 Å². The highest BCUT2D eigenvalue weighted by Crippen LogP contribution is 2.17. The molecule has 1 aliphatic heterocycles. The normalized spacial score (nSPS) is 23.5. The van der Waals surface area contributed by atoms with Crippen molar-refractivity contribution in [2.75, 3.05) is 7.05 Å². The number of carbonyl (C=O) groups is 5. The van der Waals surface area contributed by atoms with Gasteiger partial charge < -0.3 is 30.6 Å². The number of benzene rings is 2. The first-order valence-corrected chi connectivity index (χ1v) is 17.0. The van der Waals surface area contributed by atoms with Crippen LogP contribution in [0.15, 0.2) is 83.7 Å². The Bertz CT molecular complexity index is 1550. The van der Waals surface area contributed by atoms with Crippen molar-refractivity contribution >= 4 is 29.5 Å². The van der Waals surface area contributed by atoms with Gasteiger partial charge in [0.1, 0.15) is 30.2 Å². The standard InChI is InChI=1S/C38H49N5O6/c1-6-25(4)33-37(47)40-30(20-26-13-9-7-10-14-26)34(44)41-31(21-27-15-11-8-12-16-27)38(48)43(5)32(22-28-17-18-49-23-28)36(46)39-29(19-24(2)3)35(45)42-33/h7-18,23-25,29-33H,6,19-22H2,1-5H3,(H,39,46)(H,40,47)(H,41,44)(H,42,45). The molecule has 0 saturated carbocycles. The van der Waals surface area contributed by atoms with E-state index in [1.807, 2.05) is 88.4 Å². The van der Waals surface area contributed by atoms with Crippen molar-refractivity contribution in [2.45, 2.75) is 90.0 Å². The molecule has 5 amide bonds. The molecule has 1 fully saturated rings. The van der Waals surface area contributed by atoms with Crippen LogP contribution >= 0.6 is 0 Å². The van der Waals surface area contributed by atoms with Crippen LogP contribution in [0.1, 0.15) is 57.2 Å². The van der Waals surface area contributed by atoms with Crippen LogP contribution in [-0.4, -0.2) is 71.7 Å². The monoisotopic (exact) mass is 671 g/mol. The molecule has 0 bridgehead atoms. The summed E-state index contributed by atoms with van der Waals surface area (Å²) in [4.78, 5) is 71.9. The Morgan fingerprint density at radius 3 is 1.76 bits per heavy atom. The van der Waals surface area contributed by atoms with Gasteiger partial charge in [0.15, 0.2) is 0 Å². The number of nitrogens with one attached hydrogen (secondary N) is 4. The van der Waals surface area contributed by atoms with Crippen molar-refractivity contribution < 1.29 is 28.4 Å². The van der Waals surface area contributed by atoms with E-state index in [2.05, 4.69) is 21.3 Å². The van der Waals surface area contributed by atoms with E-state index in [1.165, 1.54) is 24.5 Å². The number of furan rings is 1. The summed E-state index contributed by atoms with van der Waals surface area (Å²) in [5, 5.41) is 11.6. The predicted molar refractivity (Wildman–Crippen MR) is 186 cm³/mol. The summed E-state index contributed by atoms with van der Waals surface area (Å²) in [5.74, 6) is -2.90. The molecule has 4 N–H and O–H groups in total. The minimum Gasteiger partial charge on any atom is -0.472 e. The van der Waals surface area contributed by atoms with Crippen molar-refractivity contribution in [2.24, 2.45) is 11.8 Å². The summed E-state index contributed by atoms with van der Waals surface area (Å²) in [5.41, 5.74) is 2.29. The fraction of sp³-hybridized carbons (Fsp3) is 0.447. The largest absolute Gasteiger partial charge is 0.472 e. The summed E-state index contributed by atoms with van der Waals surface area (Å²) in [6.45, 7) is 7.64. The topological polar surface area (TPSA) is 150 Å². The Morgan fingerprint density at radius 1 is 0.653 bits per heavy atom. The van der Waals surface area contributed by atoms with Crippen LogP contribution in [0.5, 0.6) is 0 Å². The van der Waals surface area contributed by atoms with Crippen molar-refractivity contribution in [3.05, 3.63) is 95.9 Å². The molecule has 4 rings (SSSR count). The van der Waals surface area contributed by atoms with Crippen LogP contribution in [0.4, 0.5) is 0 Å². The van der Waals surface area contributed by atoms with Crippen molar-refractivity contribution in [3.63, 3.8) is 0 Å². The SMILES string of the molecule is CCC(C)C1NC(=O)C(CC(C)C)NC(=O)C(Cc2ccoc2)N(C)C(=O)C(Cc2ccccc2)NC(=O)C(Cc2ccccc2)NC1=O. The van der Waals surface area contributed by atoms with E-state index < -0.39 is 59.7 Å². The van der Waals surface area contributed by atoms with E-state index in [0.717, 1.165) is 11.1 Å². The number of likely N-dealkylation sites (N-methyl/N-ethyl adjacent to an activating group) is 1. The first kappa shape index (κ1) is 36.9. The Balaban J connectivity index is 1.81. The second-order valence-corrected chi connectivity index (χ2v) is 13.4. The number of hydrogen-bond acceptors (Lipinski definition) is 6. The van der Waals surface area contributed by atoms with Gasteiger partial charge in [-0.3, -0.25) is 24.0 Å². The molecule has 3 aromatic rings. The van der Waals surface area contributed by atoms with Gasteiger partial charge in [0.25, 0.3) is 0 Å². The molecular formula is C38H49N5O6. The maximum atomic E-state index is 14.4. The third kappa shape index (κ3) is 10.3. The van der Waals surface area contributed by atoms with Crippen LogP contribution in [0.25, 0.3) is 0 Å². The second-order valence-electron chi connectivity index (χ2n) is 13.4. The molecule has 6 unspecified atom stereocenters. The molecule has 11 heteroatoms. The smallest absolute Gasteiger partial charge is 0.245 e. The highest BCUT2D eigenvalue weighted by Gasteiger charge is 2.38. The lowest BCUT2D eigenvalue weighted by Gasteiger charge is -2.32. The molecule has 11 nitrogen and oxygen atoms in total. The van der Waals surface area contributed by atoms with Crippen LogP contribution in [-0.2, 0) is 43.2 Å². The predicted octanol–water partition coefficient (Wildman–Crippen LogP) is 3.18. The molecule has 2 heterocycles. The maximum absolute atomic E-state index is 14.4. The van der Waals surface area contributed by atoms with Gasteiger partial charge >= 0.3 is 0 Å². The van der Waals surface area contributed by atoms with Gasteiger partial charge in [-0.05, 0) is 41.0 Å². The van der Waals surface area contributed by atoms with E-state index in [-0.39, 0.29) is 31.1 Å². The Kier molecular flexibility index (Phi) is 13.1. The van der Waals surface area contributed by atoms with Crippen LogP contribution in [0, 0.1) is 11.8 Å². The quantitative estimate of drug-likeness (QED) is 0.260. The average Bonchev–Trinajstić information content (AvgIpc) is 3.61. The number of carbonyl (C=O) groups excluding carboxylic acids is 5. The van der Waals surface area contributed by atoms with Gasteiger partial charge in [-0.1, -0.05) is 94.8 Å². The minimum atomic E-state index is -1.07. The minimum absolute atomic E-state index is 0.0213. The maximum Gasteiger partial charge on any atom is 0.245 e. The fourth-order valence-electron chi connectivity index (χ4n) is 6.01. The van der Waals surface area contributed by atoms with E-state index in [4.69, 9.17) is 4.42 Å². The lowest BCUT2D eigenvalue weighted by atomic mass is 9.95. The molecular weight excluding hydrogens is 622 g/mol. The molecule has 49 heavy (non-hydrogen) atoms. The summed E-state index contributed by atoms with van der Waals surface area (Å²) in [7, 11) is 1.52. The Morgan fingerprint density at radius 2 is 1.20 bits per heavy atom. The summed E-state index contributed by atoms with van der Waals surface area (Å²) in [6, 6.07) is 15.1. The number of hydrogen-bond donors (Lipinski definition) is 4.